The topological polar surface area (TPSA) is 70.1 Å². The molecule has 0 fully saturated rings. The van der Waals surface area contributed by atoms with Crippen molar-refractivity contribution in [2.45, 2.75) is 32.1 Å². The van der Waals surface area contributed by atoms with Crippen molar-refractivity contribution < 1.29 is 5.11 Å². The van der Waals surface area contributed by atoms with Crippen LogP contribution in [0.15, 0.2) is 6.07 Å². The van der Waals surface area contributed by atoms with Gasteiger partial charge in [0.2, 0.25) is 5.95 Å². The first-order valence-corrected chi connectivity index (χ1v) is 7.39. The van der Waals surface area contributed by atoms with Gasteiger partial charge in [-0.15, -0.1) is 0 Å². The second kappa shape index (κ2) is 7.43. The highest BCUT2D eigenvalue weighted by Gasteiger charge is 2.15. The molecule has 2 unspecified atom stereocenters. The number of thioether (sulfide) groups is 1. The first-order chi connectivity index (χ1) is 8.60. The number of aliphatic hydroxyl groups is 1. The van der Waals surface area contributed by atoms with Gasteiger partial charge in [0.05, 0.1) is 6.61 Å². The molecular weight excluding hydrogens is 248 g/mol. The number of nitrogens with one attached hydrogen (secondary N) is 2. The smallest absolute Gasteiger partial charge is 0.224 e. The normalized spacial score (nSPS) is 14.1. The van der Waals surface area contributed by atoms with Crippen molar-refractivity contribution in [3.8, 4) is 0 Å². The molecule has 18 heavy (non-hydrogen) atoms. The zero-order chi connectivity index (χ0) is 13.5. The van der Waals surface area contributed by atoms with Crippen LogP contribution in [0, 0.1) is 6.92 Å². The minimum absolute atomic E-state index is 0.147. The Kier molecular flexibility index (Phi) is 6.21. The van der Waals surface area contributed by atoms with Gasteiger partial charge in [0.15, 0.2) is 0 Å². The third-order valence-electron chi connectivity index (χ3n) is 2.61. The molecule has 2 atom stereocenters. The van der Waals surface area contributed by atoms with Gasteiger partial charge in [0.25, 0.3) is 0 Å². The SMILES string of the molecule is CCNc1nc(C)cc(NC(C)C(CO)SC)n1. The van der Waals surface area contributed by atoms with Crippen molar-refractivity contribution in [3.63, 3.8) is 0 Å². The van der Waals surface area contributed by atoms with Crippen molar-refractivity contribution in [1.82, 2.24) is 9.97 Å². The predicted octanol–water partition coefficient (Wildman–Crippen LogP) is 1.74. The Labute approximate surface area is 113 Å². The molecule has 0 amide bonds. The van der Waals surface area contributed by atoms with E-state index >= 15 is 0 Å². The maximum atomic E-state index is 9.26. The zero-order valence-corrected chi connectivity index (χ0v) is 12.2. The highest BCUT2D eigenvalue weighted by molar-refractivity contribution is 7.99. The Morgan fingerprint density at radius 3 is 2.72 bits per heavy atom. The monoisotopic (exact) mass is 270 g/mol. The lowest BCUT2D eigenvalue weighted by Crippen LogP contribution is -2.31. The molecule has 0 aromatic carbocycles. The second-order valence-electron chi connectivity index (χ2n) is 4.14. The van der Waals surface area contributed by atoms with E-state index in [2.05, 4.69) is 20.6 Å². The number of rotatable bonds is 7. The molecule has 0 saturated heterocycles. The van der Waals surface area contributed by atoms with Gasteiger partial charge >= 0.3 is 0 Å². The number of aromatic nitrogens is 2. The average Bonchev–Trinajstić information content (AvgIpc) is 2.30. The van der Waals surface area contributed by atoms with Gasteiger partial charge in [0.1, 0.15) is 5.82 Å². The molecule has 6 heteroatoms. The van der Waals surface area contributed by atoms with E-state index in [0.717, 1.165) is 18.1 Å². The summed E-state index contributed by atoms with van der Waals surface area (Å²) in [5, 5.41) is 15.8. The largest absolute Gasteiger partial charge is 0.395 e. The number of hydrogen-bond acceptors (Lipinski definition) is 6. The molecule has 0 radical (unpaired) electrons. The molecular formula is C12H22N4OS. The van der Waals surface area contributed by atoms with Crippen molar-refractivity contribution in [2.24, 2.45) is 0 Å². The minimum Gasteiger partial charge on any atom is -0.395 e. The maximum absolute atomic E-state index is 9.26. The minimum atomic E-state index is 0.147. The van der Waals surface area contributed by atoms with E-state index in [0.29, 0.717) is 5.95 Å². The molecule has 1 rings (SSSR count). The Bertz CT molecular complexity index is 371. The van der Waals surface area contributed by atoms with E-state index < -0.39 is 0 Å². The van der Waals surface area contributed by atoms with Crippen LogP contribution >= 0.6 is 11.8 Å². The van der Waals surface area contributed by atoms with E-state index in [1.807, 2.05) is 33.1 Å². The van der Waals surface area contributed by atoms with Crippen LogP contribution in [0.1, 0.15) is 19.5 Å². The quantitative estimate of drug-likeness (QED) is 0.701. The molecule has 0 bridgehead atoms. The van der Waals surface area contributed by atoms with Crippen LogP contribution in [-0.4, -0.2) is 45.8 Å². The molecule has 3 N–H and O–H groups in total. The van der Waals surface area contributed by atoms with E-state index in [1.54, 1.807) is 11.8 Å². The summed E-state index contributed by atoms with van der Waals surface area (Å²) in [7, 11) is 0. The van der Waals surface area contributed by atoms with Gasteiger partial charge in [0, 0.05) is 29.6 Å². The van der Waals surface area contributed by atoms with Crippen LogP contribution in [0.4, 0.5) is 11.8 Å². The highest BCUT2D eigenvalue weighted by atomic mass is 32.2. The highest BCUT2D eigenvalue weighted by Crippen LogP contribution is 2.16. The third kappa shape index (κ3) is 4.34. The van der Waals surface area contributed by atoms with Crippen LogP contribution in [0.5, 0.6) is 0 Å². The molecule has 0 spiro atoms. The van der Waals surface area contributed by atoms with E-state index in [-0.39, 0.29) is 17.9 Å². The fourth-order valence-corrected chi connectivity index (χ4v) is 2.27. The zero-order valence-electron chi connectivity index (χ0n) is 11.4. The molecule has 0 aliphatic heterocycles. The average molecular weight is 270 g/mol. The predicted molar refractivity (Wildman–Crippen MR) is 78.4 cm³/mol. The number of hydrogen-bond donors (Lipinski definition) is 3. The summed E-state index contributed by atoms with van der Waals surface area (Å²) in [5.74, 6) is 1.43. The maximum Gasteiger partial charge on any atom is 0.224 e. The van der Waals surface area contributed by atoms with Gasteiger partial charge in [-0.05, 0) is 27.0 Å². The summed E-state index contributed by atoms with van der Waals surface area (Å²) in [6, 6.07) is 2.06. The van der Waals surface area contributed by atoms with Crippen LogP contribution in [0.3, 0.4) is 0 Å². The van der Waals surface area contributed by atoms with Crippen molar-refractivity contribution >= 4 is 23.5 Å². The van der Waals surface area contributed by atoms with E-state index in [4.69, 9.17) is 0 Å². The standard InChI is InChI=1S/C12H22N4OS/c1-5-13-12-14-8(2)6-11(16-12)15-9(3)10(7-17)18-4/h6,9-10,17H,5,7H2,1-4H3,(H2,13,14,15,16). The summed E-state index contributed by atoms with van der Waals surface area (Å²) in [5.41, 5.74) is 0.917. The van der Waals surface area contributed by atoms with Gasteiger partial charge in [-0.3, -0.25) is 0 Å². The van der Waals surface area contributed by atoms with Gasteiger partial charge in [-0.2, -0.15) is 16.7 Å². The van der Waals surface area contributed by atoms with Crippen molar-refractivity contribution in [1.29, 1.82) is 0 Å². The summed E-state index contributed by atoms with van der Waals surface area (Å²) in [4.78, 5) is 8.69. The molecule has 1 aromatic rings. The van der Waals surface area contributed by atoms with Crippen LogP contribution in [0.2, 0.25) is 0 Å². The summed E-state index contributed by atoms with van der Waals surface area (Å²) < 4.78 is 0. The molecule has 1 heterocycles. The first kappa shape index (κ1) is 15.0. The fourth-order valence-electron chi connectivity index (χ4n) is 1.64. The van der Waals surface area contributed by atoms with Gasteiger partial charge < -0.3 is 15.7 Å². The van der Waals surface area contributed by atoms with E-state index in [1.165, 1.54) is 0 Å². The summed E-state index contributed by atoms with van der Waals surface area (Å²) in [6.07, 6.45) is 1.99. The summed E-state index contributed by atoms with van der Waals surface area (Å²) >= 11 is 1.64. The lowest BCUT2D eigenvalue weighted by Gasteiger charge is -2.22. The molecule has 0 aliphatic rings. The number of anilines is 2. The van der Waals surface area contributed by atoms with Crippen LogP contribution < -0.4 is 10.6 Å². The Morgan fingerprint density at radius 1 is 1.44 bits per heavy atom. The molecule has 0 aliphatic carbocycles. The first-order valence-electron chi connectivity index (χ1n) is 6.10. The molecule has 102 valence electrons. The Hall–Kier alpha value is -1.01. The van der Waals surface area contributed by atoms with Crippen LogP contribution in [0.25, 0.3) is 0 Å². The van der Waals surface area contributed by atoms with E-state index in [9.17, 15) is 5.11 Å². The van der Waals surface area contributed by atoms with Crippen molar-refractivity contribution in [2.75, 3.05) is 30.0 Å². The molecule has 1 aromatic heterocycles. The fraction of sp³-hybridized carbons (Fsp3) is 0.667. The molecule has 5 nitrogen and oxygen atoms in total. The van der Waals surface area contributed by atoms with Crippen LogP contribution in [-0.2, 0) is 0 Å². The Morgan fingerprint density at radius 2 is 2.17 bits per heavy atom. The number of nitrogens with zero attached hydrogens (tertiary/aromatic N) is 2. The lowest BCUT2D eigenvalue weighted by molar-refractivity contribution is 0.288. The number of aliphatic hydroxyl groups excluding tert-OH is 1. The van der Waals surface area contributed by atoms with Gasteiger partial charge in [-0.25, -0.2) is 4.98 Å². The van der Waals surface area contributed by atoms with Crippen molar-refractivity contribution in [3.05, 3.63) is 11.8 Å². The Balaban J connectivity index is 2.77. The lowest BCUT2D eigenvalue weighted by atomic mass is 10.2. The molecule has 0 saturated carbocycles. The third-order valence-corrected chi connectivity index (χ3v) is 3.77. The van der Waals surface area contributed by atoms with Gasteiger partial charge in [-0.1, -0.05) is 0 Å². The second-order valence-corrected chi connectivity index (χ2v) is 5.22. The number of aryl methyl sites for hydroxylation is 1. The summed E-state index contributed by atoms with van der Waals surface area (Å²) in [6.45, 7) is 6.94.